The second-order valence-electron chi connectivity index (χ2n) is 8.76. The second kappa shape index (κ2) is 10.4. The Balaban J connectivity index is 1.43. The van der Waals surface area contributed by atoms with Crippen LogP contribution in [0.15, 0.2) is 66.7 Å². The molecule has 4 rings (SSSR count). The predicted octanol–water partition coefficient (Wildman–Crippen LogP) is 5.33. The molecular formula is C28H31N3O3. The van der Waals surface area contributed by atoms with E-state index in [4.69, 9.17) is 4.74 Å². The number of amides is 3. The first-order valence-corrected chi connectivity index (χ1v) is 11.6. The summed E-state index contributed by atoms with van der Waals surface area (Å²) in [6.45, 7) is 6.15. The molecule has 0 radical (unpaired) electrons. The molecule has 1 heterocycles. The van der Waals surface area contributed by atoms with E-state index in [0.29, 0.717) is 18.8 Å². The number of nitrogens with one attached hydrogen (secondary N) is 1. The number of rotatable bonds is 7. The van der Waals surface area contributed by atoms with Gasteiger partial charge < -0.3 is 15.0 Å². The van der Waals surface area contributed by atoms with E-state index in [1.54, 1.807) is 12.0 Å². The lowest BCUT2D eigenvalue weighted by Gasteiger charge is -2.36. The Morgan fingerprint density at radius 3 is 2.56 bits per heavy atom. The molecule has 176 valence electrons. The minimum atomic E-state index is -0.108. The summed E-state index contributed by atoms with van der Waals surface area (Å²) in [5.74, 6) is 0.651. The van der Waals surface area contributed by atoms with E-state index in [1.165, 1.54) is 16.7 Å². The molecule has 0 bridgehead atoms. The van der Waals surface area contributed by atoms with Gasteiger partial charge in [-0.1, -0.05) is 42.0 Å². The highest BCUT2D eigenvalue weighted by molar-refractivity contribution is 5.96. The quantitative estimate of drug-likeness (QED) is 0.522. The molecule has 0 saturated carbocycles. The average molecular weight is 458 g/mol. The summed E-state index contributed by atoms with van der Waals surface area (Å²) < 4.78 is 5.16. The summed E-state index contributed by atoms with van der Waals surface area (Å²) in [6, 6.07) is 21.3. The van der Waals surface area contributed by atoms with Crippen molar-refractivity contribution in [2.24, 2.45) is 0 Å². The highest BCUT2D eigenvalue weighted by Gasteiger charge is 2.27. The van der Waals surface area contributed by atoms with E-state index < -0.39 is 0 Å². The maximum Gasteiger partial charge on any atom is 0.324 e. The van der Waals surface area contributed by atoms with Crippen molar-refractivity contribution in [1.29, 1.82) is 0 Å². The first kappa shape index (κ1) is 23.4. The molecule has 3 aromatic carbocycles. The number of nitrogens with zero attached hydrogens (tertiary/aromatic N) is 2. The molecule has 0 aliphatic carbocycles. The Kier molecular flexibility index (Phi) is 7.16. The fourth-order valence-electron chi connectivity index (χ4n) is 4.23. The van der Waals surface area contributed by atoms with Gasteiger partial charge >= 0.3 is 6.03 Å². The van der Waals surface area contributed by atoms with E-state index >= 15 is 0 Å². The molecule has 1 aliphatic rings. The molecule has 3 amide bonds. The Labute approximate surface area is 201 Å². The Morgan fingerprint density at radius 1 is 1.00 bits per heavy atom. The summed E-state index contributed by atoms with van der Waals surface area (Å²) >= 11 is 0. The second-order valence-corrected chi connectivity index (χ2v) is 8.76. The van der Waals surface area contributed by atoms with Gasteiger partial charge in [-0.25, -0.2) is 4.79 Å². The number of benzene rings is 3. The number of carbonyl (C=O) groups is 2. The molecular weight excluding hydrogens is 426 g/mol. The lowest BCUT2D eigenvalue weighted by molar-refractivity contribution is -0.115. The predicted molar refractivity (Wildman–Crippen MR) is 135 cm³/mol. The number of anilines is 2. The SMILES string of the molecule is COc1ccc(CC(=O)Nc2cccc(N3CCCN(Cc4cc(C)ccc4C)C3=O)c2)cc1. The lowest BCUT2D eigenvalue weighted by atomic mass is 10.0. The van der Waals surface area contributed by atoms with E-state index in [0.717, 1.165) is 30.0 Å². The van der Waals surface area contributed by atoms with Crippen LogP contribution < -0.4 is 15.0 Å². The van der Waals surface area contributed by atoms with Crippen LogP contribution in [0, 0.1) is 13.8 Å². The zero-order chi connectivity index (χ0) is 24.1. The van der Waals surface area contributed by atoms with E-state index in [1.807, 2.05) is 53.4 Å². The highest BCUT2D eigenvalue weighted by Crippen LogP contribution is 2.25. The molecule has 0 atom stereocenters. The van der Waals surface area contributed by atoms with Gasteiger partial charge in [-0.05, 0) is 67.3 Å². The Bertz CT molecular complexity index is 1170. The van der Waals surface area contributed by atoms with Gasteiger partial charge in [0.15, 0.2) is 0 Å². The topological polar surface area (TPSA) is 61.9 Å². The lowest BCUT2D eigenvalue weighted by Crippen LogP contribution is -2.49. The van der Waals surface area contributed by atoms with Crippen molar-refractivity contribution in [3.05, 3.63) is 89.0 Å². The largest absolute Gasteiger partial charge is 0.497 e. The maximum atomic E-state index is 13.3. The minimum absolute atomic E-state index is 0.00568. The zero-order valence-electron chi connectivity index (χ0n) is 20.0. The third kappa shape index (κ3) is 5.57. The molecule has 1 saturated heterocycles. The number of methoxy groups -OCH3 is 1. The standard InChI is InChI=1S/C28H31N3O3/c1-20-8-9-21(2)23(16-20)19-30-14-5-15-31(28(30)33)25-7-4-6-24(18-25)29-27(32)17-22-10-12-26(34-3)13-11-22/h4,6-13,16,18H,5,14-15,17,19H2,1-3H3,(H,29,32). The van der Waals surface area contributed by atoms with Crippen molar-refractivity contribution in [3.63, 3.8) is 0 Å². The van der Waals surface area contributed by atoms with Crippen molar-refractivity contribution in [3.8, 4) is 5.75 Å². The monoisotopic (exact) mass is 457 g/mol. The molecule has 0 aromatic heterocycles. The minimum Gasteiger partial charge on any atom is -0.497 e. The van der Waals surface area contributed by atoms with Gasteiger partial charge in [-0.15, -0.1) is 0 Å². The van der Waals surface area contributed by atoms with Gasteiger partial charge in [0.05, 0.1) is 13.5 Å². The summed E-state index contributed by atoms with van der Waals surface area (Å²) in [5.41, 5.74) is 5.93. The fourth-order valence-corrected chi connectivity index (χ4v) is 4.23. The van der Waals surface area contributed by atoms with Crippen LogP contribution in [0.5, 0.6) is 5.75 Å². The number of urea groups is 1. The number of carbonyl (C=O) groups excluding carboxylic acids is 2. The van der Waals surface area contributed by atoms with Crippen LogP contribution in [0.1, 0.15) is 28.7 Å². The fraction of sp³-hybridized carbons (Fsp3) is 0.286. The van der Waals surface area contributed by atoms with Crippen LogP contribution in [0.2, 0.25) is 0 Å². The van der Waals surface area contributed by atoms with Crippen molar-refractivity contribution >= 4 is 23.3 Å². The van der Waals surface area contributed by atoms with Gasteiger partial charge in [-0.2, -0.15) is 0 Å². The van der Waals surface area contributed by atoms with Gasteiger partial charge in [0.2, 0.25) is 5.91 Å². The van der Waals surface area contributed by atoms with Gasteiger partial charge in [0.25, 0.3) is 0 Å². The molecule has 1 N–H and O–H groups in total. The van der Waals surface area contributed by atoms with Crippen molar-refractivity contribution < 1.29 is 14.3 Å². The Hall–Kier alpha value is -3.80. The first-order chi connectivity index (χ1) is 16.4. The van der Waals surface area contributed by atoms with Crippen LogP contribution in [0.3, 0.4) is 0 Å². The number of hydrogen-bond acceptors (Lipinski definition) is 3. The van der Waals surface area contributed by atoms with Crippen molar-refractivity contribution in [1.82, 2.24) is 4.90 Å². The maximum absolute atomic E-state index is 13.3. The molecule has 6 nitrogen and oxygen atoms in total. The highest BCUT2D eigenvalue weighted by atomic mass is 16.5. The smallest absolute Gasteiger partial charge is 0.324 e. The van der Waals surface area contributed by atoms with E-state index in [9.17, 15) is 9.59 Å². The molecule has 0 spiro atoms. The third-order valence-electron chi connectivity index (χ3n) is 6.14. The molecule has 1 aliphatic heterocycles. The summed E-state index contributed by atoms with van der Waals surface area (Å²) in [6.07, 6.45) is 1.16. The third-order valence-corrected chi connectivity index (χ3v) is 6.14. The summed E-state index contributed by atoms with van der Waals surface area (Å²) in [5, 5.41) is 2.96. The molecule has 3 aromatic rings. The van der Waals surface area contributed by atoms with E-state index in [-0.39, 0.29) is 18.4 Å². The van der Waals surface area contributed by atoms with Crippen molar-refractivity contribution in [2.45, 2.75) is 33.2 Å². The van der Waals surface area contributed by atoms with Gasteiger partial charge in [0, 0.05) is 31.0 Å². The molecule has 34 heavy (non-hydrogen) atoms. The van der Waals surface area contributed by atoms with Crippen LogP contribution in [0.25, 0.3) is 0 Å². The molecule has 6 heteroatoms. The van der Waals surface area contributed by atoms with Crippen LogP contribution >= 0.6 is 0 Å². The normalized spacial score (nSPS) is 13.7. The van der Waals surface area contributed by atoms with E-state index in [2.05, 4.69) is 37.4 Å². The van der Waals surface area contributed by atoms with Gasteiger partial charge in [0.1, 0.15) is 5.75 Å². The first-order valence-electron chi connectivity index (χ1n) is 11.6. The van der Waals surface area contributed by atoms with Crippen molar-refractivity contribution in [2.75, 3.05) is 30.4 Å². The van der Waals surface area contributed by atoms with Crippen LogP contribution in [-0.4, -0.2) is 37.0 Å². The Morgan fingerprint density at radius 2 is 1.79 bits per heavy atom. The average Bonchev–Trinajstić information content (AvgIpc) is 2.83. The number of aryl methyl sites for hydroxylation is 2. The number of ether oxygens (including phenoxy) is 1. The van der Waals surface area contributed by atoms with Gasteiger partial charge in [-0.3, -0.25) is 9.69 Å². The molecule has 1 fully saturated rings. The number of hydrogen-bond donors (Lipinski definition) is 1. The summed E-state index contributed by atoms with van der Waals surface area (Å²) in [4.78, 5) is 29.6. The zero-order valence-corrected chi connectivity index (χ0v) is 20.0. The van der Waals surface area contributed by atoms with Crippen LogP contribution in [0.4, 0.5) is 16.2 Å². The summed E-state index contributed by atoms with van der Waals surface area (Å²) in [7, 11) is 1.62. The van der Waals surface area contributed by atoms with Crippen LogP contribution in [-0.2, 0) is 17.8 Å². The molecule has 0 unspecified atom stereocenters.